The second-order valence-corrected chi connectivity index (χ2v) is 14.1. The molecule has 3 N–H and O–H groups in total. The third-order valence-electron chi connectivity index (χ3n) is 10.6. The van der Waals surface area contributed by atoms with Crippen LogP contribution in [-0.4, -0.2) is 61.6 Å². The number of fused-ring (bicyclic) bond motifs is 4. The van der Waals surface area contributed by atoms with E-state index in [0.717, 1.165) is 90.8 Å². The summed E-state index contributed by atoms with van der Waals surface area (Å²) in [6, 6.07) is 9.94. The second-order valence-electron chi connectivity index (χ2n) is 14.1. The SMILES string of the molecule is COc1cc(C(=O)N2C[C@H]3CC[C@@H]2[C@@H]3N)cc2nc(-c3cc4ccc5nc4n3CCCCCCC(C)(C)C(=O)N[C@@H]5C)n(C)c12. The first kappa shape index (κ1) is 29.8. The first-order chi connectivity index (χ1) is 21.6. The van der Waals surface area contributed by atoms with Gasteiger partial charge in [-0.2, -0.15) is 0 Å². The summed E-state index contributed by atoms with van der Waals surface area (Å²) in [4.78, 5) is 39.1. The molecule has 0 radical (unpaired) electrons. The number of benzene rings is 1. The first-order valence-electron chi connectivity index (χ1n) is 16.5. The third-order valence-corrected chi connectivity index (χ3v) is 10.6. The molecule has 2 amide bonds. The summed E-state index contributed by atoms with van der Waals surface area (Å²) in [5.41, 5.74) is 10.8. The van der Waals surface area contributed by atoms with Gasteiger partial charge in [0.1, 0.15) is 16.9 Å². The number of nitrogens with two attached hydrogens (primary N) is 1. The average molecular weight is 612 g/mol. The maximum absolute atomic E-state index is 13.7. The Balaban J connectivity index is 1.30. The van der Waals surface area contributed by atoms with E-state index in [9.17, 15) is 9.59 Å². The van der Waals surface area contributed by atoms with Crippen molar-refractivity contribution in [2.24, 2.45) is 24.1 Å². The van der Waals surface area contributed by atoms with Crippen molar-refractivity contribution < 1.29 is 14.3 Å². The number of aromatic nitrogens is 4. The molecule has 2 aliphatic heterocycles. The van der Waals surface area contributed by atoms with Crippen molar-refractivity contribution in [3.63, 3.8) is 0 Å². The van der Waals surface area contributed by atoms with Crippen LogP contribution in [0.25, 0.3) is 33.6 Å². The number of hydrogen-bond donors (Lipinski definition) is 2. The van der Waals surface area contributed by atoms with Gasteiger partial charge in [0.05, 0.1) is 30.1 Å². The van der Waals surface area contributed by atoms with Gasteiger partial charge in [0.2, 0.25) is 5.91 Å². The molecule has 238 valence electrons. The van der Waals surface area contributed by atoms with Crippen molar-refractivity contribution in [1.29, 1.82) is 0 Å². The lowest BCUT2D eigenvalue weighted by molar-refractivity contribution is -0.130. The normalized spacial score (nSPS) is 25.2. The Morgan fingerprint density at radius 1 is 1.09 bits per heavy atom. The first-order valence-corrected chi connectivity index (χ1v) is 16.5. The van der Waals surface area contributed by atoms with Crippen molar-refractivity contribution in [1.82, 2.24) is 29.3 Å². The number of ether oxygens (including phenoxy) is 1. The lowest BCUT2D eigenvalue weighted by Gasteiger charge is -2.27. The molecular weight excluding hydrogens is 566 g/mol. The molecule has 5 heterocycles. The van der Waals surface area contributed by atoms with Crippen LogP contribution in [-0.2, 0) is 18.4 Å². The van der Waals surface area contributed by atoms with E-state index in [4.69, 9.17) is 20.4 Å². The van der Waals surface area contributed by atoms with Gasteiger partial charge in [-0.15, -0.1) is 0 Å². The zero-order chi connectivity index (χ0) is 31.6. The molecule has 2 fully saturated rings. The van der Waals surface area contributed by atoms with Gasteiger partial charge in [-0.05, 0) is 68.9 Å². The zero-order valence-electron chi connectivity index (χ0n) is 27.1. The molecule has 45 heavy (non-hydrogen) atoms. The molecule has 1 saturated heterocycles. The van der Waals surface area contributed by atoms with Gasteiger partial charge >= 0.3 is 0 Å². The smallest absolute Gasteiger partial charge is 0.254 e. The molecule has 0 spiro atoms. The van der Waals surface area contributed by atoms with Crippen LogP contribution in [0.3, 0.4) is 0 Å². The molecule has 0 unspecified atom stereocenters. The molecule has 3 aliphatic rings. The number of pyridine rings is 1. The molecule has 10 nitrogen and oxygen atoms in total. The summed E-state index contributed by atoms with van der Waals surface area (Å²) in [5, 5.41) is 4.23. The summed E-state index contributed by atoms with van der Waals surface area (Å²) in [6.07, 6.45) is 7.07. The van der Waals surface area contributed by atoms with Gasteiger partial charge in [0.25, 0.3) is 5.91 Å². The fourth-order valence-electron chi connectivity index (χ4n) is 7.83. The van der Waals surface area contributed by atoms with Crippen LogP contribution in [0.2, 0.25) is 0 Å². The Labute approximate surface area is 264 Å². The van der Waals surface area contributed by atoms with Gasteiger partial charge in [-0.25, -0.2) is 9.97 Å². The molecule has 1 saturated carbocycles. The number of imidazole rings is 1. The number of carbonyl (C=O) groups excluding carboxylic acids is 2. The van der Waals surface area contributed by atoms with Crippen molar-refractivity contribution in [2.45, 2.75) is 90.4 Å². The van der Waals surface area contributed by atoms with E-state index < -0.39 is 5.41 Å². The van der Waals surface area contributed by atoms with Crippen molar-refractivity contribution in [3.8, 4) is 17.3 Å². The number of carbonyl (C=O) groups is 2. The number of rotatable bonds is 3. The Kier molecular flexibility index (Phi) is 7.38. The monoisotopic (exact) mass is 611 g/mol. The predicted molar refractivity (Wildman–Crippen MR) is 175 cm³/mol. The van der Waals surface area contributed by atoms with Gasteiger partial charge in [0.15, 0.2) is 5.82 Å². The maximum atomic E-state index is 13.7. The molecule has 4 bridgehead atoms. The van der Waals surface area contributed by atoms with Gasteiger partial charge in [0, 0.05) is 48.6 Å². The molecule has 1 aliphatic carbocycles. The minimum atomic E-state index is -0.414. The third kappa shape index (κ3) is 4.98. The Hall–Kier alpha value is -3.92. The van der Waals surface area contributed by atoms with Crippen LogP contribution in [0, 0.1) is 11.3 Å². The highest BCUT2D eigenvalue weighted by Crippen LogP contribution is 2.39. The molecule has 1 aromatic carbocycles. The quantitative estimate of drug-likeness (QED) is 0.323. The fourth-order valence-corrected chi connectivity index (χ4v) is 7.83. The maximum Gasteiger partial charge on any atom is 0.254 e. The zero-order valence-corrected chi connectivity index (χ0v) is 27.1. The molecule has 3 aromatic heterocycles. The van der Waals surface area contributed by atoms with Crippen LogP contribution in [0.4, 0.5) is 0 Å². The van der Waals surface area contributed by atoms with Gasteiger partial charge in [-0.3, -0.25) is 9.59 Å². The van der Waals surface area contributed by atoms with Crippen molar-refractivity contribution in [2.75, 3.05) is 13.7 Å². The van der Waals surface area contributed by atoms with Gasteiger partial charge in [-0.1, -0.05) is 33.1 Å². The number of nitrogens with one attached hydrogen (secondary N) is 1. The number of methoxy groups -OCH3 is 1. The average Bonchev–Trinajstić information content (AvgIpc) is 3.76. The second kappa shape index (κ2) is 11.2. The lowest BCUT2D eigenvalue weighted by atomic mass is 9.85. The molecule has 10 heteroatoms. The molecular formula is C35H45N7O3. The largest absolute Gasteiger partial charge is 0.494 e. The highest BCUT2D eigenvalue weighted by atomic mass is 16.5. The lowest BCUT2D eigenvalue weighted by Crippen LogP contribution is -2.41. The molecule has 4 aromatic rings. The van der Waals surface area contributed by atoms with Gasteiger partial charge < -0.3 is 29.8 Å². The topological polar surface area (TPSA) is 120 Å². The van der Waals surface area contributed by atoms with Crippen LogP contribution in [0.15, 0.2) is 30.3 Å². The minimum absolute atomic E-state index is 0.00588. The Bertz CT molecular complexity index is 1800. The number of nitrogens with zero attached hydrogens (tertiary/aromatic N) is 5. The summed E-state index contributed by atoms with van der Waals surface area (Å²) in [5.74, 6) is 1.86. The van der Waals surface area contributed by atoms with Crippen LogP contribution in [0.1, 0.15) is 87.8 Å². The van der Waals surface area contributed by atoms with E-state index in [1.54, 1.807) is 7.11 Å². The highest BCUT2D eigenvalue weighted by Gasteiger charge is 2.47. The highest BCUT2D eigenvalue weighted by molar-refractivity contribution is 6.00. The van der Waals surface area contributed by atoms with E-state index in [1.165, 1.54) is 0 Å². The Morgan fingerprint density at radius 3 is 2.62 bits per heavy atom. The Morgan fingerprint density at radius 2 is 1.89 bits per heavy atom. The number of aryl methyl sites for hydroxylation is 2. The number of hydrogen-bond acceptors (Lipinski definition) is 6. The molecule has 4 atom stereocenters. The van der Waals surface area contributed by atoms with Crippen LogP contribution < -0.4 is 15.8 Å². The number of amides is 2. The summed E-state index contributed by atoms with van der Waals surface area (Å²) >= 11 is 0. The van der Waals surface area contributed by atoms with Crippen molar-refractivity contribution >= 4 is 33.9 Å². The van der Waals surface area contributed by atoms with E-state index in [1.807, 2.05) is 50.9 Å². The standard InChI is InChI=1S/C35H45N7O3/c1-20-24-12-10-21-17-27(41(31(21)38-24)15-9-7-6-8-14-35(2,3)34(44)37-20)32-39-25-16-23(18-28(45-5)30(25)40(32)4)33(43)42-19-22-11-13-26(42)29(22)36/h10,12,16-18,20,22,26,29H,6-9,11,13-15,19,36H2,1-5H3,(H,37,44)/t20-,22-,26-,29-/m1/s1. The van der Waals surface area contributed by atoms with E-state index in [0.29, 0.717) is 23.8 Å². The summed E-state index contributed by atoms with van der Waals surface area (Å²) in [7, 11) is 3.64. The fraction of sp³-hybridized carbons (Fsp3) is 0.543. The summed E-state index contributed by atoms with van der Waals surface area (Å²) < 4.78 is 10.2. The van der Waals surface area contributed by atoms with E-state index in [2.05, 4.69) is 26.6 Å². The predicted octanol–water partition coefficient (Wildman–Crippen LogP) is 5.33. The molecule has 7 rings (SSSR count). The van der Waals surface area contributed by atoms with Crippen LogP contribution >= 0.6 is 0 Å². The summed E-state index contributed by atoms with van der Waals surface area (Å²) in [6.45, 7) is 7.59. The van der Waals surface area contributed by atoms with E-state index in [-0.39, 0.29) is 29.9 Å². The van der Waals surface area contributed by atoms with E-state index >= 15 is 0 Å². The number of piperidine rings is 1. The number of likely N-dealkylation sites (tertiary alicyclic amines) is 1. The van der Waals surface area contributed by atoms with Crippen LogP contribution in [0.5, 0.6) is 5.75 Å². The minimum Gasteiger partial charge on any atom is -0.494 e. The van der Waals surface area contributed by atoms with Crippen molar-refractivity contribution in [3.05, 3.63) is 41.6 Å².